The molecule has 2 heterocycles. The van der Waals surface area contributed by atoms with Gasteiger partial charge in [0.1, 0.15) is 11.5 Å². The summed E-state index contributed by atoms with van der Waals surface area (Å²) in [6.07, 6.45) is 4.21. The fraction of sp³-hybridized carbons (Fsp3) is 0.714. The van der Waals surface area contributed by atoms with E-state index in [4.69, 9.17) is 14.9 Å². The minimum Gasteiger partial charge on any atom is -0.465 e. The van der Waals surface area contributed by atoms with Gasteiger partial charge in [0.05, 0.1) is 19.3 Å². The average Bonchev–Trinajstić information content (AvgIpc) is 2.96. The molecule has 1 aliphatic carbocycles. The van der Waals surface area contributed by atoms with Crippen LogP contribution in [0.2, 0.25) is 0 Å². The standard InChI is InChI=1S/C14H22N2O2/c1-10-11(8-15)7-12(18-10)9-16-5-6-17-14-4-2-3-13(14)16/h7,13-14H,2-6,8-9,15H2,1H3. The zero-order chi connectivity index (χ0) is 12.5. The first-order valence-corrected chi connectivity index (χ1v) is 6.92. The fourth-order valence-electron chi connectivity index (χ4n) is 3.27. The highest BCUT2D eigenvalue weighted by Gasteiger charge is 2.36. The van der Waals surface area contributed by atoms with Gasteiger partial charge in [-0.3, -0.25) is 4.90 Å². The van der Waals surface area contributed by atoms with Crippen LogP contribution in [0.5, 0.6) is 0 Å². The van der Waals surface area contributed by atoms with Crippen LogP contribution in [0.3, 0.4) is 0 Å². The summed E-state index contributed by atoms with van der Waals surface area (Å²) in [6.45, 7) is 5.31. The van der Waals surface area contributed by atoms with Gasteiger partial charge in [0.25, 0.3) is 0 Å². The Hall–Kier alpha value is -0.840. The van der Waals surface area contributed by atoms with Gasteiger partial charge in [-0.25, -0.2) is 0 Å². The lowest BCUT2D eigenvalue weighted by Gasteiger charge is -2.37. The number of furan rings is 1. The lowest BCUT2D eigenvalue weighted by molar-refractivity contribution is -0.0606. The van der Waals surface area contributed by atoms with Crippen LogP contribution in [-0.2, 0) is 17.8 Å². The second-order valence-corrected chi connectivity index (χ2v) is 5.38. The third kappa shape index (κ3) is 2.20. The number of nitrogens with two attached hydrogens (primary N) is 1. The number of ether oxygens (including phenoxy) is 1. The molecule has 1 aromatic heterocycles. The van der Waals surface area contributed by atoms with Crippen molar-refractivity contribution in [2.75, 3.05) is 13.2 Å². The van der Waals surface area contributed by atoms with Crippen LogP contribution in [0.4, 0.5) is 0 Å². The van der Waals surface area contributed by atoms with Crippen LogP contribution in [0.15, 0.2) is 10.5 Å². The number of hydrogen-bond acceptors (Lipinski definition) is 4. The van der Waals surface area contributed by atoms with Crippen molar-refractivity contribution in [1.82, 2.24) is 4.90 Å². The molecule has 18 heavy (non-hydrogen) atoms. The molecule has 0 radical (unpaired) electrons. The molecule has 1 saturated carbocycles. The van der Waals surface area contributed by atoms with E-state index in [1.807, 2.05) is 6.92 Å². The quantitative estimate of drug-likeness (QED) is 0.888. The number of morpholine rings is 1. The van der Waals surface area contributed by atoms with Gasteiger partial charge in [0.15, 0.2) is 0 Å². The summed E-state index contributed by atoms with van der Waals surface area (Å²) < 4.78 is 11.6. The summed E-state index contributed by atoms with van der Waals surface area (Å²) in [5.74, 6) is 2.00. The van der Waals surface area contributed by atoms with E-state index in [2.05, 4.69) is 11.0 Å². The topological polar surface area (TPSA) is 51.6 Å². The molecule has 0 amide bonds. The van der Waals surface area contributed by atoms with Crippen molar-refractivity contribution in [2.24, 2.45) is 5.73 Å². The van der Waals surface area contributed by atoms with Crippen LogP contribution in [0.25, 0.3) is 0 Å². The highest BCUT2D eigenvalue weighted by Crippen LogP contribution is 2.31. The van der Waals surface area contributed by atoms with Gasteiger partial charge in [-0.2, -0.15) is 0 Å². The van der Waals surface area contributed by atoms with Gasteiger partial charge in [-0.05, 0) is 32.3 Å². The van der Waals surface area contributed by atoms with Crippen LogP contribution in [0.1, 0.15) is 36.3 Å². The third-order valence-corrected chi connectivity index (χ3v) is 4.25. The first kappa shape index (κ1) is 12.2. The van der Waals surface area contributed by atoms with Gasteiger partial charge in [-0.15, -0.1) is 0 Å². The average molecular weight is 250 g/mol. The summed E-state index contributed by atoms with van der Waals surface area (Å²) in [7, 11) is 0. The summed E-state index contributed by atoms with van der Waals surface area (Å²) in [5.41, 5.74) is 6.82. The zero-order valence-electron chi connectivity index (χ0n) is 11.0. The van der Waals surface area contributed by atoms with E-state index in [0.29, 0.717) is 18.7 Å². The molecule has 1 saturated heterocycles. The van der Waals surface area contributed by atoms with Crippen molar-refractivity contribution in [3.63, 3.8) is 0 Å². The normalized spacial score (nSPS) is 28.6. The second-order valence-electron chi connectivity index (χ2n) is 5.38. The van der Waals surface area contributed by atoms with Crippen LogP contribution < -0.4 is 5.73 Å². The molecule has 2 N–H and O–H groups in total. The van der Waals surface area contributed by atoms with Crippen LogP contribution in [-0.4, -0.2) is 30.2 Å². The Morgan fingerprint density at radius 1 is 1.44 bits per heavy atom. The first-order valence-electron chi connectivity index (χ1n) is 6.92. The number of fused-ring (bicyclic) bond motifs is 1. The Morgan fingerprint density at radius 3 is 3.11 bits per heavy atom. The summed E-state index contributed by atoms with van der Waals surface area (Å²) in [6, 6.07) is 2.69. The molecule has 1 aromatic rings. The Bertz CT molecular complexity index is 416. The van der Waals surface area contributed by atoms with Crippen molar-refractivity contribution in [3.05, 3.63) is 23.2 Å². The van der Waals surface area contributed by atoms with Gasteiger partial charge in [-0.1, -0.05) is 0 Å². The lowest BCUT2D eigenvalue weighted by atomic mass is 10.1. The first-order chi connectivity index (χ1) is 8.78. The molecule has 0 bridgehead atoms. The van der Waals surface area contributed by atoms with Gasteiger partial charge < -0.3 is 14.9 Å². The van der Waals surface area contributed by atoms with E-state index in [-0.39, 0.29) is 0 Å². The van der Waals surface area contributed by atoms with Crippen molar-refractivity contribution in [1.29, 1.82) is 0 Å². The maximum atomic E-state index is 5.83. The van der Waals surface area contributed by atoms with E-state index < -0.39 is 0 Å². The zero-order valence-corrected chi connectivity index (χ0v) is 11.0. The molecule has 2 aliphatic rings. The predicted octanol–water partition coefficient (Wildman–Crippen LogP) is 1.80. The van der Waals surface area contributed by atoms with E-state index >= 15 is 0 Å². The van der Waals surface area contributed by atoms with Crippen molar-refractivity contribution in [2.45, 2.75) is 51.4 Å². The molecular weight excluding hydrogens is 228 g/mol. The van der Waals surface area contributed by atoms with Crippen molar-refractivity contribution in [3.8, 4) is 0 Å². The Labute approximate surface area is 108 Å². The third-order valence-electron chi connectivity index (χ3n) is 4.25. The van der Waals surface area contributed by atoms with Crippen LogP contribution in [0, 0.1) is 6.92 Å². The molecule has 0 aromatic carbocycles. The summed E-state index contributed by atoms with van der Waals surface area (Å²) in [5, 5.41) is 0. The Balaban J connectivity index is 1.70. The van der Waals surface area contributed by atoms with Gasteiger partial charge >= 0.3 is 0 Å². The second kappa shape index (κ2) is 5.03. The highest BCUT2D eigenvalue weighted by atomic mass is 16.5. The molecule has 0 spiro atoms. The number of aryl methyl sites for hydroxylation is 1. The van der Waals surface area contributed by atoms with Gasteiger partial charge in [0, 0.05) is 24.7 Å². The van der Waals surface area contributed by atoms with E-state index in [0.717, 1.165) is 36.8 Å². The Kier molecular flexibility index (Phi) is 3.41. The molecule has 3 rings (SSSR count). The summed E-state index contributed by atoms with van der Waals surface area (Å²) >= 11 is 0. The molecule has 2 unspecified atom stereocenters. The molecule has 100 valence electrons. The van der Waals surface area contributed by atoms with Gasteiger partial charge in [0.2, 0.25) is 0 Å². The minimum atomic E-state index is 0.448. The summed E-state index contributed by atoms with van der Waals surface area (Å²) in [4.78, 5) is 2.51. The monoisotopic (exact) mass is 250 g/mol. The van der Waals surface area contributed by atoms with Crippen molar-refractivity contribution >= 4 is 0 Å². The molecule has 4 nitrogen and oxygen atoms in total. The largest absolute Gasteiger partial charge is 0.465 e. The van der Waals surface area contributed by atoms with E-state index in [1.54, 1.807) is 0 Å². The maximum absolute atomic E-state index is 5.83. The van der Waals surface area contributed by atoms with E-state index in [1.165, 1.54) is 19.3 Å². The molecular formula is C14H22N2O2. The smallest absolute Gasteiger partial charge is 0.118 e. The van der Waals surface area contributed by atoms with Crippen molar-refractivity contribution < 1.29 is 9.15 Å². The number of nitrogens with zero attached hydrogens (tertiary/aromatic N) is 1. The highest BCUT2D eigenvalue weighted by molar-refractivity contribution is 5.20. The fourth-order valence-corrected chi connectivity index (χ4v) is 3.27. The number of hydrogen-bond donors (Lipinski definition) is 1. The van der Waals surface area contributed by atoms with Crippen LogP contribution >= 0.6 is 0 Å². The Morgan fingerprint density at radius 2 is 2.33 bits per heavy atom. The number of rotatable bonds is 3. The lowest BCUT2D eigenvalue weighted by Crippen LogP contribution is -2.47. The molecule has 4 heteroatoms. The molecule has 2 atom stereocenters. The molecule has 2 fully saturated rings. The van der Waals surface area contributed by atoms with E-state index in [9.17, 15) is 0 Å². The minimum absolute atomic E-state index is 0.448. The SMILES string of the molecule is Cc1oc(CN2CCOC3CCCC32)cc1CN. The molecule has 1 aliphatic heterocycles. The predicted molar refractivity (Wildman–Crippen MR) is 69.1 cm³/mol. The maximum Gasteiger partial charge on any atom is 0.118 e.